The number of likely N-dealkylation sites (tertiary alicyclic amines) is 1. The summed E-state index contributed by atoms with van der Waals surface area (Å²) in [5.41, 5.74) is 0.955. The molecular weight excluding hydrogens is 381 g/mol. The molecule has 0 unspecified atom stereocenters. The first-order chi connectivity index (χ1) is 12.8. The van der Waals surface area contributed by atoms with Crippen LogP contribution < -0.4 is 10.1 Å². The smallest absolute Gasteiger partial charge is 0.406 e. The largest absolute Gasteiger partial charge is 0.573 e. The minimum Gasteiger partial charge on any atom is -0.406 e. The van der Waals surface area contributed by atoms with Crippen LogP contribution in [-0.4, -0.2) is 39.7 Å². The lowest BCUT2D eigenvalue weighted by atomic mass is 9.90. The Balaban J connectivity index is 1.45. The number of hydrogen-bond donors (Lipinski definition) is 1. The summed E-state index contributed by atoms with van der Waals surface area (Å²) in [6, 6.07) is 5.78. The number of carbonyl (C=O) groups is 1. The Morgan fingerprint density at radius 3 is 2.52 bits per heavy atom. The topological polar surface area (TPSA) is 67.4 Å². The number of carbonyl (C=O) groups excluding carboxylic acids is 1. The van der Waals surface area contributed by atoms with Gasteiger partial charge in [-0.25, -0.2) is 9.78 Å². The number of hydrogen-bond acceptors (Lipinski definition) is 5. The Morgan fingerprint density at radius 1 is 1.30 bits per heavy atom. The predicted octanol–water partition coefficient (Wildman–Crippen LogP) is 4.23. The molecule has 2 heterocycles. The maximum absolute atomic E-state index is 12.2. The molecule has 27 heavy (non-hydrogen) atoms. The van der Waals surface area contributed by atoms with Crippen molar-refractivity contribution >= 4 is 22.7 Å². The summed E-state index contributed by atoms with van der Waals surface area (Å²) < 4.78 is 44.5. The number of alkyl halides is 3. The van der Waals surface area contributed by atoms with E-state index in [9.17, 15) is 18.0 Å². The number of benzene rings is 1. The van der Waals surface area contributed by atoms with Crippen molar-refractivity contribution in [3.05, 3.63) is 35.7 Å². The van der Waals surface area contributed by atoms with Gasteiger partial charge in [-0.2, -0.15) is 4.37 Å². The van der Waals surface area contributed by atoms with Crippen LogP contribution in [-0.2, 0) is 6.42 Å². The van der Waals surface area contributed by atoms with E-state index in [-0.39, 0.29) is 11.8 Å². The van der Waals surface area contributed by atoms with Gasteiger partial charge in [0, 0.05) is 24.6 Å². The Labute approximate surface area is 158 Å². The highest BCUT2D eigenvalue weighted by Crippen LogP contribution is 2.26. The molecule has 1 aliphatic rings. The highest BCUT2D eigenvalue weighted by molar-refractivity contribution is 7.09. The highest BCUT2D eigenvalue weighted by Gasteiger charge is 2.31. The molecule has 0 radical (unpaired) electrons. The van der Waals surface area contributed by atoms with E-state index in [1.54, 1.807) is 24.0 Å². The van der Waals surface area contributed by atoms with Crippen LogP contribution in [0.1, 0.15) is 24.2 Å². The van der Waals surface area contributed by atoms with Gasteiger partial charge < -0.3 is 9.64 Å². The van der Waals surface area contributed by atoms with Crippen LogP contribution >= 0.6 is 11.5 Å². The Kier molecular flexibility index (Phi) is 5.83. The van der Waals surface area contributed by atoms with Crippen LogP contribution in [0.5, 0.6) is 5.75 Å². The average molecular weight is 400 g/mol. The molecule has 0 spiro atoms. The molecule has 1 fully saturated rings. The van der Waals surface area contributed by atoms with E-state index >= 15 is 0 Å². The number of ether oxygens (including phenoxy) is 1. The second-order valence-corrected chi connectivity index (χ2v) is 7.16. The number of halogens is 3. The molecule has 0 saturated carbocycles. The summed E-state index contributed by atoms with van der Waals surface area (Å²) >= 11 is 1.15. The third-order valence-corrected chi connectivity index (χ3v) is 5.05. The van der Waals surface area contributed by atoms with Crippen LogP contribution in [0.2, 0.25) is 0 Å². The minimum absolute atomic E-state index is 0.182. The summed E-state index contributed by atoms with van der Waals surface area (Å²) in [6.07, 6.45) is -2.24. The fourth-order valence-corrected chi connectivity index (χ4v) is 3.58. The van der Waals surface area contributed by atoms with Crippen molar-refractivity contribution in [2.75, 3.05) is 18.4 Å². The van der Waals surface area contributed by atoms with Gasteiger partial charge in [0.15, 0.2) is 0 Å². The van der Waals surface area contributed by atoms with E-state index in [0.29, 0.717) is 30.0 Å². The number of amides is 2. The van der Waals surface area contributed by atoms with Gasteiger partial charge in [0.25, 0.3) is 0 Å². The fourth-order valence-electron chi connectivity index (χ4n) is 3.02. The number of aryl methyl sites for hydroxylation is 1. The highest BCUT2D eigenvalue weighted by atomic mass is 32.1. The number of anilines is 1. The van der Waals surface area contributed by atoms with Gasteiger partial charge in [-0.1, -0.05) is 12.1 Å². The third kappa shape index (κ3) is 5.81. The summed E-state index contributed by atoms with van der Waals surface area (Å²) in [5, 5.41) is 3.23. The number of aromatic nitrogens is 2. The van der Waals surface area contributed by atoms with E-state index in [1.165, 1.54) is 12.1 Å². The molecule has 10 heteroatoms. The molecule has 3 rings (SSSR count). The zero-order valence-corrected chi connectivity index (χ0v) is 15.4. The molecule has 2 aromatic rings. The average Bonchev–Trinajstić information content (AvgIpc) is 3.01. The van der Waals surface area contributed by atoms with Crippen molar-refractivity contribution in [3.63, 3.8) is 0 Å². The lowest BCUT2D eigenvalue weighted by Gasteiger charge is -2.31. The molecule has 6 nitrogen and oxygen atoms in total. The second-order valence-electron chi connectivity index (χ2n) is 6.40. The number of piperidine rings is 1. The lowest BCUT2D eigenvalue weighted by Crippen LogP contribution is -2.41. The van der Waals surface area contributed by atoms with Crippen LogP contribution in [0, 0.1) is 12.8 Å². The molecule has 146 valence electrons. The summed E-state index contributed by atoms with van der Waals surface area (Å²) in [4.78, 5) is 18.1. The van der Waals surface area contributed by atoms with Crippen LogP contribution in [0.4, 0.5) is 23.1 Å². The Hall–Kier alpha value is -2.36. The van der Waals surface area contributed by atoms with E-state index in [1.807, 2.05) is 0 Å². The first-order valence-corrected chi connectivity index (χ1v) is 9.27. The van der Waals surface area contributed by atoms with Crippen molar-refractivity contribution in [1.82, 2.24) is 14.3 Å². The lowest BCUT2D eigenvalue weighted by molar-refractivity contribution is -0.274. The van der Waals surface area contributed by atoms with Crippen LogP contribution in [0.25, 0.3) is 0 Å². The molecule has 0 bridgehead atoms. The summed E-state index contributed by atoms with van der Waals surface area (Å²) in [5.74, 6) is 0.789. The summed E-state index contributed by atoms with van der Waals surface area (Å²) in [7, 11) is 0. The van der Waals surface area contributed by atoms with Crippen molar-refractivity contribution in [1.29, 1.82) is 0 Å². The van der Waals surface area contributed by atoms with Gasteiger partial charge in [-0.15, -0.1) is 13.2 Å². The second kappa shape index (κ2) is 8.12. The first-order valence-electron chi connectivity index (χ1n) is 8.49. The number of urea groups is 1. The van der Waals surface area contributed by atoms with Crippen LogP contribution in [0.3, 0.4) is 0 Å². The van der Waals surface area contributed by atoms with Crippen molar-refractivity contribution < 1.29 is 22.7 Å². The normalized spacial score (nSPS) is 15.6. The van der Waals surface area contributed by atoms with Crippen LogP contribution in [0.15, 0.2) is 24.3 Å². The molecule has 0 atom stereocenters. The van der Waals surface area contributed by atoms with Crippen molar-refractivity contribution in [2.45, 2.75) is 32.5 Å². The fraction of sp³-hybridized carbons (Fsp3) is 0.471. The molecule has 0 aliphatic carbocycles. The molecule has 1 aromatic carbocycles. The van der Waals surface area contributed by atoms with Gasteiger partial charge in [0.05, 0.1) is 0 Å². The van der Waals surface area contributed by atoms with Crippen molar-refractivity contribution in [3.8, 4) is 5.75 Å². The van der Waals surface area contributed by atoms with E-state index < -0.39 is 6.36 Å². The van der Waals surface area contributed by atoms with Crippen molar-refractivity contribution in [2.24, 2.45) is 5.92 Å². The van der Waals surface area contributed by atoms with E-state index in [2.05, 4.69) is 19.4 Å². The summed E-state index contributed by atoms with van der Waals surface area (Å²) in [6.45, 7) is 3.02. The standard InChI is InChI=1S/C17H19F3N4O2S/c1-11-21-15(27-23-11)22-16(25)24-8-6-13(7-9-24)10-12-2-4-14(5-3-12)26-17(18,19)20/h2-5,13H,6-10H2,1H3,(H,21,22,23,25). The molecule has 2 amide bonds. The Morgan fingerprint density at radius 2 is 1.96 bits per heavy atom. The predicted molar refractivity (Wildman–Crippen MR) is 94.8 cm³/mol. The number of nitrogens with zero attached hydrogens (tertiary/aromatic N) is 3. The molecule has 1 aliphatic heterocycles. The molecule has 1 aromatic heterocycles. The quantitative estimate of drug-likeness (QED) is 0.834. The SMILES string of the molecule is Cc1nsc(NC(=O)N2CCC(Cc3ccc(OC(F)(F)F)cc3)CC2)n1. The van der Waals surface area contributed by atoms with Gasteiger partial charge in [-0.3, -0.25) is 5.32 Å². The molecular formula is C17H19F3N4O2S. The molecule has 1 N–H and O–H groups in total. The first kappa shape index (κ1) is 19.4. The minimum atomic E-state index is -4.68. The van der Waals surface area contributed by atoms with E-state index in [0.717, 1.165) is 36.4 Å². The molecule has 1 saturated heterocycles. The van der Waals surface area contributed by atoms with Gasteiger partial charge >= 0.3 is 12.4 Å². The maximum Gasteiger partial charge on any atom is 0.573 e. The number of nitrogens with one attached hydrogen (secondary N) is 1. The monoisotopic (exact) mass is 400 g/mol. The van der Waals surface area contributed by atoms with Gasteiger partial charge in [-0.05, 0) is 49.8 Å². The zero-order valence-electron chi connectivity index (χ0n) is 14.6. The maximum atomic E-state index is 12.2. The van der Waals surface area contributed by atoms with Gasteiger partial charge in [0.2, 0.25) is 5.13 Å². The third-order valence-electron chi connectivity index (χ3n) is 4.32. The zero-order chi connectivity index (χ0) is 19.4. The van der Waals surface area contributed by atoms with Gasteiger partial charge in [0.1, 0.15) is 11.6 Å². The number of rotatable bonds is 4. The Bertz CT molecular complexity index is 771. The van der Waals surface area contributed by atoms with E-state index in [4.69, 9.17) is 0 Å².